The van der Waals surface area contributed by atoms with Gasteiger partial charge in [0.2, 0.25) is 0 Å². The number of anilines is 1. The first-order valence-corrected chi connectivity index (χ1v) is 6.86. The van der Waals surface area contributed by atoms with Crippen molar-refractivity contribution >= 4 is 29.1 Å². The lowest BCUT2D eigenvalue weighted by molar-refractivity contribution is -0.145. The Morgan fingerprint density at radius 1 is 1.15 bits per heavy atom. The highest BCUT2D eigenvalue weighted by atomic mass is 35.5. The third-order valence-electron chi connectivity index (χ3n) is 3.17. The smallest absolute Gasteiger partial charge is 0.316 e. The van der Waals surface area contributed by atoms with E-state index in [1.165, 1.54) is 4.90 Å². The summed E-state index contributed by atoms with van der Waals surface area (Å²) in [5, 5.41) is 0.606. The van der Waals surface area contributed by atoms with Crippen LogP contribution in [0.1, 0.15) is 13.8 Å². The molecule has 5 heteroatoms. The number of hydrogen-bond donors (Lipinski definition) is 0. The molecule has 1 fully saturated rings. The van der Waals surface area contributed by atoms with Crippen molar-refractivity contribution in [1.82, 2.24) is 4.90 Å². The normalized spacial score (nSPS) is 15.6. The Morgan fingerprint density at radius 3 is 2.40 bits per heavy atom. The average molecular weight is 293 g/mol. The predicted octanol–water partition coefficient (Wildman–Crippen LogP) is 2.48. The summed E-state index contributed by atoms with van der Waals surface area (Å²) in [5.74, 6) is -0.940. The summed E-state index contributed by atoms with van der Waals surface area (Å²) in [6.45, 7) is 5.47. The Morgan fingerprint density at radius 2 is 1.80 bits per heavy atom. The molecule has 2 amide bonds. The molecule has 0 aromatic heterocycles. The first-order valence-electron chi connectivity index (χ1n) is 6.49. The van der Waals surface area contributed by atoms with Crippen molar-refractivity contribution < 1.29 is 9.59 Å². The van der Waals surface area contributed by atoms with Crippen molar-refractivity contribution in [1.29, 1.82) is 0 Å². The van der Waals surface area contributed by atoms with Gasteiger partial charge in [0.25, 0.3) is 0 Å². The minimum atomic E-state index is -0.485. The molecule has 1 heterocycles. The molecule has 20 heavy (non-hydrogen) atoms. The van der Waals surface area contributed by atoms with E-state index >= 15 is 0 Å². The van der Waals surface area contributed by atoms with E-state index in [1.807, 2.05) is 19.9 Å². The van der Waals surface area contributed by atoms with Crippen LogP contribution in [0, 0.1) is 0 Å². The van der Waals surface area contributed by atoms with Crippen LogP contribution in [0.5, 0.6) is 0 Å². The molecule has 0 bridgehead atoms. The van der Waals surface area contributed by atoms with Crippen LogP contribution < -0.4 is 4.90 Å². The van der Waals surface area contributed by atoms with Crippen LogP contribution in [0.4, 0.5) is 5.69 Å². The standard InChI is InChI=1S/C15H17ClN2O2/c1-11(2)7-8-17-9-10-18(15(20)14(17)19)13-5-3-12(16)4-6-13/h3-7H,8-10H2,1-2H3. The monoisotopic (exact) mass is 292 g/mol. The van der Waals surface area contributed by atoms with Gasteiger partial charge in [0, 0.05) is 30.3 Å². The van der Waals surface area contributed by atoms with Gasteiger partial charge in [0.15, 0.2) is 0 Å². The van der Waals surface area contributed by atoms with E-state index < -0.39 is 11.8 Å². The predicted molar refractivity (Wildman–Crippen MR) is 79.8 cm³/mol. The van der Waals surface area contributed by atoms with Gasteiger partial charge in [-0.3, -0.25) is 9.59 Å². The Kier molecular flexibility index (Phi) is 4.45. The third kappa shape index (κ3) is 3.20. The number of nitrogens with zero attached hydrogens (tertiary/aromatic N) is 2. The van der Waals surface area contributed by atoms with Crippen LogP contribution in [0.25, 0.3) is 0 Å². The molecule has 0 unspecified atom stereocenters. The number of carbonyl (C=O) groups excluding carboxylic acids is 2. The maximum atomic E-state index is 12.1. The van der Waals surface area contributed by atoms with Crippen molar-refractivity contribution in [2.45, 2.75) is 13.8 Å². The number of piperazine rings is 1. The lowest BCUT2D eigenvalue weighted by Gasteiger charge is -2.33. The zero-order valence-electron chi connectivity index (χ0n) is 11.6. The van der Waals surface area contributed by atoms with Crippen molar-refractivity contribution in [2.75, 3.05) is 24.5 Å². The zero-order valence-corrected chi connectivity index (χ0v) is 12.4. The fraction of sp³-hybridized carbons (Fsp3) is 0.333. The highest BCUT2D eigenvalue weighted by Crippen LogP contribution is 2.20. The van der Waals surface area contributed by atoms with Crippen LogP contribution in [0.15, 0.2) is 35.9 Å². The van der Waals surface area contributed by atoms with Crippen molar-refractivity contribution in [3.63, 3.8) is 0 Å². The molecule has 0 aliphatic carbocycles. The number of amides is 2. The maximum absolute atomic E-state index is 12.1. The molecule has 1 aromatic rings. The molecule has 0 radical (unpaired) electrons. The molecule has 0 atom stereocenters. The number of rotatable bonds is 3. The van der Waals surface area contributed by atoms with Crippen LogP contribution in [-0.4, -0.2) is 36.3 Å². The Hall–Kier alpha value is -1.81. The second kappa shape index (κ2) is 6.09. The highest BCUT2D eigenvalue weighted by Gasteiger charge is 2.32. The van der Waals surface area contributed by atoms with Gasteiger partial charge in [-0.05, 0) is 38.1 Å². The van der Waals surface area contributed by atoms with Crippen LogP contribution in [0.2, 0.25) is 5.02 Å². The van der Waals surface area contributed by atoms with E-state index in [2.05, 4.69) is 0 Å². The van der Waals surface area contributed by atoms with Crippen LogP contribution in [-0.2, 0) is 9.59 Å². The van der Waals surface area contributed by atoms with Gasteiger partial charge in [0.05, 0.1) is 0 Å². The van der Waals surface area contributed by atoms with Gasteiger partial charge >= 0.3 is 11.8 Å². The number of halogens is 1. The Bertz CT molecular complexity index is 547. The number of allylic oxidation sites excluding steroid dienone is 1. The topological polar surface area (TPSA) is 40.6 Å². The zero-order chi connectivity index (χ0) is 14.7. The molecule has 0 spiro atoms. The minimum Gasteiger partial charge on any atom is -0.329 e. The van der Waals surface area contributed by atoms with E-state index in [9.17, 15) is 9.59 Å². The Labute approximate surface area is 123 Å². The summed E-state index contributed by atoms with van der Waals surface area (Å²) in [7, 11) is 0. The molecule has 0 saturated carbocycles. The van der Waals surface area contributed by atoms with Crippen molar-refractivity contribution in [3.05, 3.63) is 40.9 Å². The van der Waals surface area contributed by atoms with Crippen LogP contribution in [0.3, 0.4) is 0 Å². The summed E-state index contributed by atoms with van der Waals surface area (Å²) in [4.78, 5) is 27.3. The summed E-state index contributed by atoms with van der Waals surface area (Å²) in [5.41, 5.74) is 1.83. The first kappa shape index (κ1) is 14.6. The SMILES string of the molecule is CC(C)=CCN1CCN(c2ccc(Cl)cc2)C(=O)C1=O. The van der Waals surface area contributed by atoms with Gasteiger partial charge in [0.1, 0.15) is 0 Å². The molecular weight excluding hydrogens is 276 g/mol. The maximum Gasteiger partial charge on any atom is 0.316 e. The Balaban J connectivity index is 2.11. The molecule has 1 aliphatic rings. The molecule has 1 aliphatic heterocycles. The molecule has 1 aromatic carbocycles. The average Bonchev–Trinajstić information content (AvgIpc) is 2.42. The highest BCUT2D eigenvalue weighted by molar-refractivity contribution is 6.41. The summed E-state index contributed by atoms with van der Waals surface area (Å²) < 4.78 is 0. The summed E-state index contributed by atoms with van der Waals surface area (Å²) in [6.07, 6.45) is 1.95. The van der Waals surface area contributed by atoms with E-state index in [1.54, 1.807) is 29.2 Å². The van der Waals surface area contributed by atoms with Crippen LogP contribution >= 0.6 is 11.6 Å². The quantitative estimate of drug-likeness (QED) is 0.634. The van der Waals surface area contributed by atoms with Gasteiger partial charge in [-0.15, -0.1) is 0 Å². The van der Waals surface area contributed by atoms with Gasteiger partial charge in [-0.2, -0.15) is 0 Å². The van der Waals surface area contributed by atoms with Crippen molar-refractivity contribution in [2.24, 2.45) is 0 Å². The minimum absolute atomic E-state index is 0.455. The number of carbonyl (C=O) groups is 2. The number of hydrogen-bond acceptors (Lipinski definition) is 2. The van der Waals surface area contributed by atoms with Gasteiger partial charge in [-0.1, -0.05) is 23.3 Å². The molecule has 4 nitrogen and oxygen atoms in total. The lowest BCUT2D eigenvalue weighted by Crippen LogP contribution is -2.54. The fourth-order valence-corrected chi connectivity index (χ4v) is 2.13. The van der Waals surface area contributed by atoms with E-state index in [0.717, 1.165) is 5.57 Å². The van der Waals surface area contributed by atoms with Gasteiger partial charge < -0.3 is 9.80 Å². The molecule has 0 N–H and O–H groups in total. The van der Waals surface area contributed by atoms with Gasteiger partial charge in [-0.25, -0.2) is 0 Å². The molecular formula is C15H17ClN2O2. The second-order valence-corrected chi connectivity index (χ2v) is 5.40. The summed E-state index contributed by atoms with van der Waals surface area (Å²) >= 11 is 5.82. The largest absolute Gasteiger partial charge is 0.329 e. The fourth-order valence-electron chi connectivity index (χ4n) is 2.01. The first-order chi connectivity index (χ1) is 9.49. The third-order valence-corrected chi connectivity index (χ3v) is 3.42. The van der Waals surface area contributed by atoms with E-state index in [4.69, 9.17) is 11.6 Å². The lowest BCUT2D eigenvalue weighted by atomic mass is 10.2. The summed E-state index contributed by atoms with van der Waals surface area (Å²) in [6, 6.07) is 6.92. The van der Waals surface area contributed by atoms with E-state index in [0.29, 0.717) is 30.3 Å². The van der Waals surface area contributed by atoms with Crippen molar-refractivity contribution in [3.8, 4) is 0 Å². The molecule has 106 valence electrons. The van der Waals surface area contributed by atoms with E-state index in [-0.39, 0.29) is 0 Å². The molecule has 2 rings (SSSR count). The molecule has 1 saturated heterocycles. The number of benzene rings is 1. The second-order valence-electron chi connectivity index (χ2n) is 4.97.